The van der Waals surface area contributed by atoms with Crippen molar-refractivity contribution < 1.29 is 9.21 Å². The third kappa shape index (κ3) is 3.99. The molecule has 1 aromatic carbocycles. The molecule has 6 heteroatoms. The molecule has 0 aliphatic carbocycles. The molecule has 1 heterocycles. The highest BCUT2D eigenvalue weighted by molar-refractivity contribution is 5.92. The van der Waals surface area contributed by atoms with Crippen LogP contribution < -0.4 is 11.1 Å². The zero-order valence-electron chi connectivity index (χ0n) is 11.5. The number of nitrogens with one attached hydrogen (secondary N) is 1. The summed E-state index contributed by atoms with van der Waals surface area (Å²) in [5.74, 6) is 0.560. The SMILES string of the molecule is Cc1nc(C)c(C(=O)NCCc2ccc(N)cc2)o1.Cl. The van der Waals surface area contributed by atoms with Crippen molar-refractivity contribution in [2.75, 3.05) is 12.3 Å². The number of hydrogen-bond donors (Lipinski definition) is 2. The molecule has 2 rings (SSSR count). The van der Waals surface area contributed by atoms with E-state index in [1.807, 2.05) is 24.3 Å². The van der Waals surface area contributed by atoms with Crippen LogP contribution in [0.1, 0.15) is 27.7 Å². The predicted molar refractivity (Wildman–Crippen MR) is 80.1 cm³/mol. The van der Waals surface area contributed by atoms with E-state index in [4.69, 9.17) is 10.2 Å². The molecule has 0 radical (unpaired) electrons. The van der Waals surface area contributed by atoms with E-state index < -0.39 is 0 Å². The highest BCUT2D eigenvalue weighted by Gasteiger charge is 2.14. The smallest absolute Gasteiger partial charge is 0.289 e. The van der Waals surface area contributed by atoms with Gasteiger partial charge in [0.15, 0.2) is 5.89 Å². The third-order valence-corrected chi connectivity index (χ3v) is 2.79. The number of halogens is 1. The minimum absolute atomic E-state index is 0. The van der Waals surface area contributed by atoms with Crippen molar-refractivity contribution in [1.82, 2.24) is 10.3 Å². The Morgan fingerprint density at radius 3 is 2.50 bits per heavy atom. The number of aromatic nitrogens is 1. The summed E-state index contributed by atoms with van der Waals surface area (Å²) >= 11 is 0. The highest BCUT2D eigenvalue weighted by atomic mass is 35.5. The van der Waals surface area contributed by atoms with Crippen molar-refractivity contribution in [1.29, 1.82) is 0 Å². The Labute approximate surface area is 124 Å². The van der Waals surface area contributed by atoms with Gasteiger partial charge in [0.1, 0.15) is 0 Å². The molecule has 0 unspecified atom stereocenters. The monoisotopic (exact) mass is 295 g/mol. The summed E-state index contributed by atoms with van der Waals surface area (Å²) < 4.78 is 5.25. The van der Waals surface area contributed by atoms with E-state index in [9.17, 15) is 4.79 Å². The Balaban J connectivity index is 0.00000200. The Hall–Kier alpha value is -2.01. The number of carbonyl (C=O) groups excluding carboxylic acids is 1. The summed E-state index contributed by atoms with van der Waals surface area (Å²) in [4.78, 5) is 15.9. The number of rotatable bonds is 4. The number of aryl methyl sites for hydroxylation is 2. The summed E-state index contributed by atoms with van der Waals surface area (Å²) in [6.45, 7) is 4.02. The Kier molecular flexibility index (Phi) is 5.58. The Bertz CT molecular complexity index is 579. The maximum atomic E-state index is 11.9. The summed E-state index contributed by atoms with van der Waals surface area (Å²) in [5.41, 5.74) is 8.08. The molecule has 0 saturated carbocycles. The van der Waals surface area contributed by atoms with Gasteiger partial charge in [0, 0.05) is 19.2 Å². The zero-order valence-corrected chi connectivity index (χ0v) is 12.3. The van der Waals surface area contributed by atoms with Crippen molar-refractivity contribution in [3.8, 4) is 0 Å². The minimum Gasteiger partial charge on any atom is -0.436 e. The summed E-state index contributed by atoms with van der Waals surface area (Å²) in [6.07, 6.45) is 0.748. The summed E-state index contributed by atoms with van der Waals surface area (Å²) in [6, 6.07) is 7.60. The lowest BCUT2D eigenvalue weighted by Crippen LogP contribution is -2.25. The molecule has 1 aromatic heterocycles. The fourth-order valence-electron chi connectivity index (χ4n) is 1.83. The van der Waals surface area contributed by atoms with Crippen LogP contribution in [-0.2, 0) is 6.42 Å². The normalized spacial score (nSPS) is 9.90. The van der Waals surface area contributed by atoms with Crippen LogP contribution in [0.4, 0.5) is 5.69 Å². The van der Waals surface area contributed by atoms with Gasteiger partial charge in [-0.05, 0) is 31.0 Å². The first kappa shape index (κ1) is 16.0. The second-order valence-corrected chi connectivity index (χ2v) is 4.39. The number of nitrogens with two attached hydrogens (primary N) is 1. The molecule has 3 N–H and O–H groups in total. The molecule has 0 spiro atoms. The number of carbonyl (C=O) groups is 1. The van der Waals surface area contributed by atoms with Gasteiger partial charge in [-0.25, -0.2) is 4.98 Å². The van der Waals surface area contributed by atoms with Gasteiger partial charge in [-0.1, -0.05) is 12.1 Å². The topological polar surface area (TPSA) is 81.2 Å². The summed E-state index contributed by atoms with van der Waals surface area (Å²) in [5, 5.41) is 2.81. The third-order valence-electron chi connectivity index (χ3n) is 2.79. The van der Waals surface area contributed by atoms with Crippen LogP contribution in [0, 0.1) is 13.8 Å². The van der Waals surface area contributed by atoms with Gasteiger partial charge in [0.05, 0.1) is 5.69 Å². The molecular weight excluding hydrogens is 278 g/mol. The van der Waals surface area contributed by atoms with Crippen LogP contribution in [0.2, 0.25) is 0 Å². The number of benzene rings is 1. The summed E-state index contributed by atoms with van der Waals surface area (Å²) in [7, 11) is 0. The molecule has 2 aromatic rings. The first-order valence-corrected chi connectivity index (χ1v) is 6.13. The first-order valence-electron chi connectivity index (χ1n) is 6.13. The van der Waals surface area contributed by atoms with Crippen LogP contribution in [0.3, 0.4) is 0 Å². The number of nitrogen functional groups attached to an aromatic ring is 1. The quantitative estimate of drug-likeness (QED) is 0.848. The molecule has 1 amide bonds. The van der Waals surface area contributed by atoms with Crippen LogP contribution in [0.15, 0.2) is 28.7 Å². The van der Waals surface area contributed by atoms with E-state index in [0.717, 1.165) is 17.7 Å². The van der Waals surface area contributed by atoms with E-state index >= 15 is 0 Å². The molecule has 0 saturated heterocycles. The predicted octanol–water partition coefficient (Wildman–Crippen LogP) is 2.27. The van der Waals surface area contributed by atoms with Gasteiger partial charge in [-0.3, -0.25) is 4.79 Å². The van der Waals surface area contributed by atoms with E-state index in [1.54, 1.807) is 13.8 Å². The average molecular weight is 296 g/mol. The number of oxazole rings is 1. The molecular formula is C14H18ClN3O2. The molecule has 0 aliphatic rings. The van der Waals surface area contributed by atoms with Gasteiger partial charge in [-0.15, -0.1) is 12.4 Å². The van der Waals surface area contributed by atoms with Crippen molar-refractivity contribution in [3.05, 3.63) is 47.2 Å². The van der Waals surface area contributed by atoms with Crippen LogP contribution in [0.25, 0.3) is 0 Å². The van der Waals surface area contributed by atoms with E-state index in [-0.39, 0.29) is 24.1 Å². The molecule has 108 valence electrons. The van der Waals surface area contributed by atoms with Gasteiger partial charge < -0.3 is 15.5 Å². The van der Waals surface area contributed by atoms with Gasteiger partial charge in [-0.2, -0.15) is 0 Å². The Morgan fingerprint density at radius 2 is 1.95 bits per heavy atom. The maximum Gasteiger partial charge on any atom is 0.289 e. The number of hydrogen-bond acceptors (Lipinski definition) is 4. The number of anilines is 1. The van der Waals surface area contributed by atoms with E-state index in [1.165, 1.54) is 0 Å². The van der Waals surface area contributed by atoms with Crippen LogP contribution >= 0.6 is 12.4 Å². The van der Waals surface area contributed by atoms with Crippen molar-refractivity contribution >= 4 is 24.0 Å². The van der Waals surface area contributed by atoms with E-state index in [0.29, 0.717) is 18.1 Å². The van der Waals surface area contributed by atoms with Gasteiger partial charge in [0.2, 0.25) is 5.76 Å². The molecule has 0 atom stereocenters. The van der Waals surface area contributed by atoms with Crippen molar-refractivity contribution in [2.24, 2.45) is 0 Å². The lowest BCUT2D eigenvalue weighted by atomic mass is 10.1. The van der Waals surface area contributed by atoms with Gasteiger partial charge >= 0.3 is 0 Å². The molecule has 0 aliphatic heterocycles. The Morgan fingerprint density at radius 1 is 1.30 bits per heavy atom. The van der Waals surface area contributed by atoms with Crippen molar-refractivity contribution in [2.45, 2.75) is 20.3 Å². The molecule has 0 fully saturated rings. The van der Waals surface area contributed by atoms with Crippen LogP contribution in [-0.4, -0.2) is 17.4 Å². The highest BCUT2D eigenvalue weighted by Crippen LogP contribution is 2.09. The second-order valence-electron chi connectivity index (χ2n) is 4.39. The molecule has 5 nitrogen and oxygen atoms in total. The zero-order chi connectivity index (χ0) is 13.8. The lowest BCUT2D eigenvalue weighted by Gasteiger charge is -2.04. The lowest BCUT2D eigenvalue weighted by molar-refractivity contribution is 0.0924. The number of nitrogens with zero attached hydrogens (tertiary/aromatic N) is 1. The maximum absolute atomic E-state index is 11.9. The fraction of sp³-hybridized carbons (Fsp3) is 0.286. The first-order chi connectivity index (χ1) is 9.06. The molecule has 0 bridgehead atoms. The van der Waals surface area contributed by atoms with Crippen LogP contribution in [0.5, 0.6) is 0 Å². The standard InChI is InChI=1S/C14H17N3O2.ClH/c1-9-13(19-10(2)17-9)14(18)16-8-7-11-3-5-12(15)6-4-11;/h3-6H,7-8,15H2,1-2H3,(H,16,18);1H. The molecule has 20 heavy (non-hydrogen) atoms. The van der Waals surface area contributed by atoms with Gasteiger partial charge in [0.25, 0.3) is 5.91 Å². The number of amides is 1. The minimum atomic E-state index is -0.228. The largest absolute Gasteiger partial charge is 0.436 e. The average Bonchev–Trinajstić information content (AvgIpc) is 2.71. The van der Waals surface area contributed by atoms with E-state index in [2.05, 4.69) is 10.3 Å². The van der Waals surface area contributed by atoms with Crippen molar-refractivity contribution in [3.63, 3.8) is 0 Å². The fourth-order valence-corrected chi connectivity index (χ4v) is 1.83. The second kappa shape index (κ2) is 6.96.